The van der Waals surface area contributed by atoms with E-state index in [0.717, 1.165) is 20.8 Å². The van der Waals surface area contributed by atoms with E-state index in [-0.39, 0.29) is 5.69 Å². The predicted octanol–water partition coefficient (Wildman–Crippen LogP) is 1.30. The quantitative estimate of drug-likeness (QED) is 0.420. The lowest BCUT2D eigenvalue weighted by Gasteiger charge is -2.30. The number of aromatic nitrogens is 3. The van der Waals surface area contributed by atoms with Crippen LogP contribution in [0.1, 0.15) is 39.5 Å². The lowest BCUT2D eigenvalue weighted by molar-refractivity contribution is -0.190. The van der Waals surface area contributed by atoms with Crippen molar-refractivity contribution >= 4 is 23.9 Å². The summed E-state index contributed by atoms with van der Waals surface area (Å²) in [6, 6.07) is 8.93. The monoisotopic (exact) mass is 433 g/mol. The van der Waals surface area contributed by atoms with Gasteiger partial charge in [-0.3, -0.25) is 19.2 Å². The molecule has 2 aromatic rings. The number of ether oxygens (including phenoxy) is 4. The summed E-state index contributed by atoms with van der Waals surface area (Å²) in [7, 11) is 0. The van der Waals surface area contributed by atoms with E-state index >= 15 is 0 Å². The summed E-state index contributed by atoms with van der Waals surface area (Å²) in [6.45, 7) is 4.16. The number of carbonyl (C=O) groups is 4. The SMILES string of the molecule is CC(=O)OC[C@@H](OC(C)=O)[C@H](OC(C)=O)[C@H](OC(C)=O)c1cnn(-c2ccccc2)n1. The van der Waals surface area contributed by atoms with E-state index in [1.54, 1.807) is 24.3 Å². The Morgan fingerprint density at radius 2 is 1.48 bits per heavy atom. The molecule has 166 valence electrons. The number of benzene rings is 1. The number of nitrogens with zero attached hydrogens (tertiary/aromatic N) is 3. The fraction of sp³-hybridized carbons (Fsp3) is 0.400. The van der Waals surface area contributed by atoms with Crippen LogP contribution in [0.25, 0.3) is 5.69 Å². The molecular weight excluding hydrogens is 410 g/mol. The van der Waals surface area contributed by atoms with Crippen LogP contribution in [0.5, 0.6) is 0 Å². The summed E-state index contributed by atoms with van der Waals surface area (Å²) in [5.41, 5.74) is 0.765. The van der Waals surface area contributed by atoms with Crippen molar-refractivity contribution in [3.63, 3.8) is 0 Å². The van der Waals surface area contributed by atoms with Gasteiger partial charge < -0.3 is 18.9 Å². The van der Waals surface area contributed by atoms with Crippen molar-refractivity contribution in [2.45, 2.75) is 46.0 Å². The lowest BCUT2D eigenvalue weighted by atomic mass is 10.1. The Hall–Kier alpha value is -3.76. The van der Waals surface area contributed by atoms with Gasteiger partial charge in [0, 0.05) is 27.7 Å². The first-order chi connectivity index (χ1) is 14.7. The summed E-state index contributed by atoms with van der Waals surface area (Å²) in [4.78, 5) is 47.8. The van der Waals surface area contributed by atoms with E-state index in [1.165, 1.54) is 17.9 Å². The molecule has 11 heteroatoms. The average molecular weight is 433 g/mol. The highest BCUT2D eigenvalue weighted by atomic mass is 16.6. The fourth-order valence-electron chi connectivity index (χ4n) is 2.70. The molecule has 0 radical (unpaired) electrons. The van der Waals surface area contributed by atoms with Gasteiger partial charge in [-0.25, -0.2) is 0 Å². The van der Waals surface area contributed by atoms with Gasteiger partial charge >= 0.3 is 23.9 Å². The van der Waals surface area contributed by atoms with E-state index in [1.807, 2.05) is 6.07 Å². The highest BCUT2D eigenvalue weighted by molar-refractivity contribution is 5.69. The number of esters is 4. The van der Waals surface area contributed by atoms with Crippen molar-refractivity contribution < 1.29 is 38.1 Å². The number of rotatable bonds is 9. The van der Waals surface area contributed by atoms with E-state index < -0.39 is 48.8 Å². The summed E-state index contributed by atoms with van der Waals surface area (Å²) in [5, 5.41) is 8.46. The maximum Gasteiger partial charge on any atom is 0.303 e. The van der Waals surface area contributed by atoms with Gasteiger partial charge in [0.25, 0.3) is 0 Å². The Bertz CT molecular complexity index is 928. The van der Waals surface area contributed by atoms with Crippen molar-refractivity contribution in [3.05, 3.63) is 42.2 Å². The molecule has 1 heterocycles. The van der Waals surface area contributed by atoms with Crippen LogP contribution in [0.3, 0.4) is 0 Å². The molecule has 0 amide bonds. The molecule has 0 aliphatic heterocycles. The van der Waals surface area contributed by atoms with Crippen LogP contribution in [0, 0.1) is 0 Å². The number of para-hydroxylation sites is 1. The van der Waals surface area contributed by atoms with Gasteiger partial charge in [-0.1, -0.05) is 18.2 Å². The molecule has 0 aliphatic rings. The molecule has 0 unspecified atom stereocenters. The van der Waals surface area contributed by atoms with Gasteiger partial charge in [0.2, 0.25) is 0 Å². The molecule has 31 heavy (non-hydrogen) atoms. The molecule has 0 aliphatic carbocycles. The normalized spacial score (nSPS) is 13.4. The van der Waals surface area contributed by atoms with Crippen molar-refractivity contribution in [2.75, 3.05) is 6.61 Å². The largest absolute Gasteiger partial charge is 0.462 e. The molecule has 3 atom stereocenters. The Morgan fingerprint density at radius 3 is 2.03 bits per heavy atom. The average Bonchev–Trinajstić information content (AvgIpc) is 3.18. The topological polar surface area (TPSA) is 136 Å². The standard InChI is InChI=1S/C20H23N3O8/c1-12(24)28-11-18(29-13(2)25)20(31-15(4)27)19(30-14(3)26)17-10-21-23(22-17)16-8-6-5-7-9-16/h5-10,18-20H,11H2,1-4H3/t18-,19-,20+/m1/s1. The van der Waals surface area contributed by atoms with Gasteiger partial charge in [-0.2, -0.15) is 9.90 Å². The molecule has 0 saturated heterocycles. The highest BCUT2D eigenvalue weighted by Gasteiger charge is 2.40. The van der Waals surface area contributed by atoms with Crippen LogP contribution < -0.4 is 0 Å². The minimum atomic E-state index is -1.36. The molecule has 0 fully saturated rings. The molecule has 0 spiro atoms. The second-order valence-electron chi connectivity index (χ2n) is 6.45. The van der Waals surface area contributed by atoms with Crippen LogP contribution in [0.15, 0.2) is 36.5 Å². The third-order valence-electron chi connectivity index (χ3n) is 3.82. The lowest BCUT2D eigenvalue weighted by Crippen LogP contribution is -2.43. The number of hydrogen-bond donors (Lipinski definition) is 0. The van der Waals surface area contributed by atoms with Crippen molar-refractivity contribution in [1.29, 1.82) is 0 Å². The maximum atomic E-state index is 11.8. The zero-order chi connectivity index (χ0) is 23.0. The zero-order valence-electron chi connectivity index (χ0n) is 17.5. The second-order valence-corrected chi connectivity index (χ2v) is 6.45. The van der Waals surface area contributed by atoms with E-state index in [0.29, 0.717) is 5.69 Å². The van der Waals surface area contributed by atoms with Crippen LogP contribution in [0.2, 0.25) is 0 Å². The summed E-state index contributed by atoms with van der Waals surface area (Å²) < 4.78 is 20.8. The Kier molecular flexibility index (Phi) is 8.24. The molecule has 1 aromatic carbocycles. The number of hydrogen-bond acceptors (Lipinski definition) is 10. The van der Waals surface area contributed by atoms with E-state index in [4.69, 9.17) is 18.9 Å². The summed E-state index contributed by atoms with van der Waals surface area (Å²) in [6.07, 6.45) is -2.59. The van der Waals surface area contributed by atoms with Crippen molar-refractivity contribution in [1.82, 2.24) is 15.0 Å². The van der Waals surface area contributed by atoms with Gasteiger partial charge in [0.1, 0.15) is 12.3 Å². The van der Waals surface area contributed by atoms with Crippen LogP contribution >= 0.6 is 0 Å². The molecule has 11 nitrogen and oxygen atoms in total. The zero-order valence-corrected chi connectivity index (χ0v) is 17.5. The Morgan fingerprint density at radius 1 is 0.871 bits per heavy atom. The molecular formula is C20H23N3O8. The van der Waals surface area contributed by atoms with E-state index in [2.05, 4.69) is 10.2 Å². The van der Waals surface area contributed by atoms with Gasteiger partial charge in [0.15, 0.2) is 18.3 Å². The fourth-order valence-corrected chi connectivity index (χ4v) is 2.70. The van der Waals surface area contributed by atoms with Gasteiger partial charge in [-0.05, 0) is 12.1 Å². The first-order valence-electron chi connectivity index (χ1n) is 9.30. The maximum absolute atomic E-state index is 11.8. The van der Waals surface area contributed by atoms with Gasteiger partial charge in [0.05, 0.1) is 11.9 Å². The molecule has 1 aromatic heterocycles. The minimum absolute atomic E-state index is 0.130. The first kappa shape index (κ1) is 23.5. The molecule has 0 saturated carbocycles. The van der Waals surface area contributed by atoms with Gasteiger partial charge in [-0.15, -0.1) is 5.10 Å². The predicted molar refractivity (Wildman–Crippen MR) is 104 cm³/mol. The second kappa shape index (κ2) is 10.9. The van der Waals surface area contributed by atoms with Crippen LogP contribution in [0.4, 0.5) is 0 Å². The molecule has 2 rings (SSSR count). The third-order valence-corrected chi connectivity index (χ3v) is 3.82. The minimum Gasteiger partial charge on any atom is -0.462 e. The third kappa shape index (κ3) is 7.21. The van der Waals surface area contributed by atoms with Crippen LogP contribution in [-0.4, -0.2) is 57.7 Å². The highest BCUT2D eigenvalue weighted by Crippen LogP contribution is 2.27. The summed E-state index contributed by atoms with van der Waals surface area (Å²) >= 11 is 0. The number of carbonyl (C=O) groups excluding carboxylic acids is 4. The molecule has 0 N–H and O–H groups in total. The first-order valence-corrected chi connectivity index (χ1v) is 9.30. The van der Waals surface area contributed by atoms with Crippen molar-refractivity contribution in [3.8, 4) is 5.69 Å². The van der Waals surface area contributed by atoms with Crippen molar-refractivity contribution in [2.24, 2.45) is 0 Å². The Labute approximate surface area is 178 Å². The van der Waals surface area contributed by atoms with Crippen LogP contribution in [-0.2, 0) is 38.1 Å². The van der Waals surface area contributed by atoms with E-state index in [9.17, 15) is 19.2 Å². The smallest absolute Gasteiger partial charge is 0.303 e. The Balaban J connectivity index is 2.46. The molecule has 0 bridgehead atoms. The summed E-state index contributed by atoms with van der Waals surface area (Å²) in [5.74, 6) is -2.80.